The van der Waals surface area contributed by atoms with Crippen LogP contribution in [0.15, 0.2) is 145 Å². The molecule has 2 aliphatic carbocycles. The zero-order valence-corrected chi connectivity index (χ0v) is 41.1. The molecule has 6 unspecified atom stereocenters. The van der Waals surface area contributed by atoms with E-state index >= 15 is 4.79 Å². The van der Waals surface area contributed by atoms with Crippen LogP contribution >= 0.6 is 0 Å². The average molecular weight is 994 g/mol. The van der Waals surface area contributed by atoms with E-state index < -0.39 is 28.8 Å². The Balaban J connectivity index is 1.35. The lowest BCUT2D eigenvalue weighted by Gasteiger charge is -2.59. The maximum atomic E-state index is 15.1. The number of nitro benzene ring substituents is 1. The summed E-state index contributed by atoms with van der Waals surface area (Å²) in [7, 11) is 1.50. The number of aldehydes is 1. The van der Waals surface area contributed by atoms with Crippen molar-refractivity contribution in [2.45, 2.75) is 82.3 Å². The molecule has 15 heteroatoms. The molecule has 0 saturated heterocycles. The Morgan fingerprint density at radius 3 is 2.42 bits per heavy atom. The Labute approximate surface area is 425 Å². The lowest BCUT2D eigenvalue weighted by Crippen LogP contribution is -2.70. The standard InChI is InChI=1S/C58H63N3O12/c1-4-6-31-69-57(65)60(36-42-17-13-16-40-14-7-8-18-47(40)42)54-35-51(59-71-38-39-20-22-44(23-21-39)61(66)67)49-33-41(15-9-11-28-62)48(19-10-12-29-63)55-50-34-46(72-45-24-26-52(68-3)43(32-45)37-64)25-27-53(50)73-58(54,56(49)55)70-30-5-2/h4-5,7-8,13-14,16-18,20-27,32-34,37,41,48,54-56,62-63H,1-2,6,9-12,15,19,28-31,35-36,38H2,3H3. The highest BCUT2D eigenvalue weighted by Gasteiger charge is 2.66. The molecule has 0 spiro atoms. The number of hydrogen-bond donors (Lipinski definition) is 2. The van der Waals surface area contributed by atoms with Gasteiger partial charge >= 0.3 is 6.09 Å². The van der Waals surface area contributed by atoms with Crippen molar-refractivity contribution in [1.29, 1.82) is 0 Å². The highest BCUT2D eigenvalue weighted by molar-refractivity contribution is 6.03. The molecule has 1 fully saturated rings. The number of aliphatic hydroxyl groups excluding tert-OH is 2. The van der Waals surface area contributed by atoms with Gasteiger partial charge in [0.15, 0.2) is 6.29 Å². The average Bonchev–Trinajstić information content (AvgIpc) is 3.42. The number of aliphatic hydroxyl groups is 2. The van der Waals surface area contributed by atoms with E-state index in [4.69, 9.17) is 33.7 Å². The molecule has 1 heterocycles. The Kier molecular flexibility index (Phi) is 17.4. The van der Waals surface area contributed by atoms with Crippen LogP contribution in [0.5, 0.6) is 23.0 Å². The van der Waals surface area contributed by atoms with Crippen LogP contribution in [0.4, 0.5) is 10.5 Å². The van der Waals surface area contributed by atoms with Gasteiger partial charge in [-0.15, -0.1) is 13.2 Å². The quantitative estimate of drug-likeness (QED) is 0.0185. The number of carbonyl (C=O) groups excluding carboxylic acids is 2. The Morgan fingerprint density at radius 1 is 0.932 bits per heavy atom. The summed E-state index contributed by atoms with van der Waals surface area (Å²) in [5, 5.41) is 38.5. The Bertz CT molecular complexity index is 2820. The molecule has 1 amide bonds. The van der Waals surface area contributed by atoms with E-state index in [9.17, 15) is 25.1 Å². The first-order chi connectivity index (χ1) is 35.7. The molecule has 15 nitrogen and oxygen atoms in total. The number of hydrogen-bond acceptors (Lipinski definition) is 13. The maximum absolute atomic E-state index is 15.1. The summed E-state index contributed by atoms with van der Waals surface area (Å²) in [6, 6.07) is 29.8. The summed E-state index contributed by atoms with van der Waals surface area (Å²) in [6.45, 7) is 8.20. The van der Waals surface area contributed by atoms with E-state index in [0.717, 1.165) is 40.3 Å². The molecule has 382 valence electrons. The summed E-state index contributed by atoms with van der Waals surface area (Å²) < 4.78 is 32.7. The third kappa shape index (κ3) is 11.5. The molecule has 1 aliphatic heterocycles. The topological polar surface area (TPSA) is 189 Å². The van der Waals surface area contributed by atoms with Crippen LogP contribution in [0, 0.1) is 27.9 Å². The normalized spacial score (nSPS) is 21.2. The number of ether oxygens (including phenoxy) is 5. The van der Waals surface area contributed by atoms with Crippen molar-refractivity contribution in [3.05, 3.63) is 172 Å². The summed E-state index contributed by atoms with van der Waals surface area (Å²) in [5.41, 5.74) is 4.01. The van der Waals surface area contributed by atoms with Crippen LogP contribution in [0.3, 0.4) is 0 Å². The van der Waals surface area contributed by atoms with Crippen LogP contribution in [0.1, 0.15) is 84.3 Å². The Hall–Kier alpha value is -7.33. The van der Waals surface area contributed by atoms with Crippen molar-refractivity contribution in [3.8, 4) is 23.0 Å². The SMILES string of the molecule is C=CCCOC(=O)N(Cc1cccc2ccccc12)C1CC(=NOCc2ccc([N+](=O)[O-])cc2)C2=CC(CCCCO)C(CCCCO)C3c4cc(Oc5ccc(OC)c(C=O)c5)ccc4OC1(OCC=C)C23. The first kappa shape index (κ1) is 52.0. The molecule has 3 aliphatic rings. The fourth-order valence-electron chi connectivity index (χ4n) is 10.8. The molecule has 5 aromatic rings. The van der Waals surface area contributed by atoms with E-state index in [-0.39, 0.29) is 69.4 Å². The van der Waals surface area contributed by atoms with Gasteiger partial charge in [-0.25, -0.2) is 4.79 Å². The van der Waals surface area contributed by atoms with Crippen molar-refractivity contribution < 1.29 is 53.2 Å². The number of unbranched alkanes of at least 4 members (excludes halogenated alkanes) is 2. The number of nitrogens with zero attached hydrogens (tertiary/aromatic N) is 3. The van der Waals surface area contributed by atoms with Gasteiger partial charge < -0.3 is 38.7 Å². The van der Waals surface area contributed by atoms with E-state index in [1.807, 2.05) is 54.6 Å². The zero-order valence-electron chi connectivity index (χ0n) is 41.1. The van der Waals surface area contributed by atoms with Gasteiger partial charge in [0.05, 0.1) is 49.0 Å². The predicted molar refractivity (Wildman–Crippen MR) is 277 cm³/mol. The first-order valence-electron chi connectivity index (χ1n) is 24.9. The molecular weight excluding hydrogens is 931 g/mol. The predicted octanol–water partition coefficient (Wildman–Crippen LogP) is 11.4. The summed E-state index contributed by atoms with van der Waals surface area (Å²) in [4.78, 5) is 46.1. The number of carbonyl (C=O) groups is 2. The molecule has 6 atom stereocenters. The summed E-state index contributed by atoms with van der Waals surface area (Å²) in [6.07, 6.45) is 10.3. The second-order valence-corrected chi connectivity index (χ2v) is 18.6. The number of amides is 1. The van der Waals surface area contributed by atoms with Gasteiger partial charge in [-0.1, -0.05) is 78.7 Å². The molecule has 0 aromatic heterocycles. The number of fused-ring (bicyclic) bond motifs is 3. The van der Waals surface area contributed by atoms with Gasteiger partial charge in [0.2, 0.25) is 5.79 Å². The van der Waals surface area contributed by atoms with Crippen LogP contribution in [0.2, 0.25) is 0 Å². The van der Waals surface area contributed by atoms with Gasteiger partial charge in [-0.2, -0.15) is 0 Å². The zero-order chi connectivity index (χ0) is 51.3. The largest absolute Gasteiger partial charge is 0.496 e. The van der Waals surface area contributed by atoms with Crippen molar-refractivity contribution in [3.63, 3.8) is 0 Å². The van der Waals surface area contributed by atoms with Gasteiger partial charge in [-0.05, 0) is 120 Å². The molecule has 8 rings (SSSR count). The van der Waals surface area contributed by atoms with Crippen LogP contribution in [-0.2, 0) is 27.5 Å². The Morgan fingerprint density at radius 2 is 1.68 bits per heavy atom. The second-order valence-electron chi connectivity index (χ2n) is 18.6. The number of methoxy groups -OCH3 is 1. The van der Waals surface area contributed by atoms with Crippen molar-refractivity contribution >= 4 is 34.6 Å². The number of rotatable bonds is 25. The lowest BCUT2D eigenvalue weighted by atomic mass is 9.55. The third-order valence-electron chi connectivity index (χ3n) is 14.1. The minimum Gasteiger partial charge on any atom is -0.496 e. The maximum Gasteiger partial charge on any atom is 0.410 e. The van der Waals surface area contributed by atoms with E-state index in [0.29, 0.717) is 78.2 Å². The van der Waals surface area contributed by atoms with E-state index in [2.05, 4.69) is 19.2 Å². The van der Waals surface area contributed by atoms with E-state index in [1.165, 1.54) is 19.2 Å². The van der Waals surface area contributed by atoms with Crippen LogP contribution in [0.25, 0.3) is 10.8 Å². The minimum absolute atomic E-state index is 0.00409. The van der Waals surface area contributed by atoms with Gasteiger partial charge in [0, 0.05) is 43.2 Å². The number of oxime groups is 1. The smallest absolute Gasteiger partial charge is 0.410 e. The molecule has 0 radical (unpaired) electrons. The number of nitro groups is 1. The lowest BCUT2D eigenvalue weighted by molar-refractivity contribution is -0.384. The van der Waals surface area contributed by atoms with Crippen molar-refractivity contribution in [1.82, 2.24) is 4.90 Å². The highest BCUT2D eigenvalue weighted by atomic mass is 16.7. The number of allylic oxidation sites excluding steroid dienone is 1. The molecule has 1 saturated carbocycles. The van der Waals surface area contributed by atoms with Gasteiger partial charge in [0.25, 0.3) is 5.69 Å². The molecule has 73 heavy (non-hydrogen) atoms. The van der Waals surface area contributed by atoms with Crippen molar-refractivity contribution in [2.75, 3.05) is 33.5 Å². The molecule has 2 N–H and O–H groups in total. The molecular formula is C58H63N3O12. The van der Waals surface area contributed by atoms with Gasteiger partial charge in [0.1, 0.15) is 35.6 Å². The molecule has 0 bridgehead atoms. The van der Waals surface area contributed by atoms with Gasteiger partial charge in [-0.3, -0.25) is 19.8 Å². The molecule has 5 aromatic carbocycles. The monoisotopic (exact) mass is 993 g/mol. The fraction of sp³-hybridized carbons (Fsp3) is 0.362. The highest BCUT2D eigenvalue weighted by Crippen LogP contribution is 2.62. The van der Waals surface area contributed by atoms with Crippen molar-refractivity contribution in [2.24, 2.45) is 22.9 Å². The van der Waals surface area contributed by atoms with E-state index in [1.54, 1.807) is 53.5 Å². The third-order valence-corrected chi connectivity index (χ3v) is 14.1. The minimum atomic E-state index is -1.60. The fourth-order valence-corrected chi connectivity index (χ4v) is 10.8. The van der Waals surface area contributed by atoms with Crippen LogP contribution in [-0.4, -0.2) is 83.5 Å². The first-order valence-corrected chi connectivity index (χ1v) is 24.9. The number of benzene rings is 5. The summed E-state index contributed by atoms with van der Waals surface area (Å²) in [5.74, 6) is -0.925. The number of non-ortho nitro benzene ring substituents is 1. The van der Waals surface area contributed by atoms with Crippen LogP contribution < -0.4 is 14.2 Å². The summed E-state index contributed by atoms with van der Waals surface area (Å²) >= 11 is 0. The second kappa shape index (κ2) is 24.4.